The predicted octanol–water partition coefficient (Wildman–Crippen LogP) is 3.66. The first-order valence-electron chi connectivity index (χ1n) is 7.56. The predicted molar refractivity (Wildman–Crippen MR) is 86.4 cm³/mol. The molecule has 1 unspecified atom stereocenters. The van der Waals surface area contributed by atoms with Crippen molar-refractivity contribution in [3.05, 3.63) is 59.0 Å². The standard InChI is InChI=1S/C18H21NO4/c1-11(2)16-9-14(12(3)23-16)18(22)19-15(10-17(20)21)13-7-5-4-6-8-13/h4-9,11,15H,10H2,1-3H3,(H,19,22)(H,20,21). The van der Waals surface area contributed by atoms with Gasteiger partial charge in [0.2, 0.25) is 0 Å². The Morgan fingerprint density at radius 1 is 1.22 bits per heavy atom. The zero-order valence-corrected chi connectivity index (χ0v) is 13.5. The minimum Gasteiger partial charge on any atom is -0.481 e. The SMILES string of the molecule is Cc1oc(C(C)C)cc1C(=O)NC(CC(=O)O)c1ccccc1. The minimum absolute atomic E-state index is 0.177. The second-order valence-corrected chi connectivity index (χ2v) is 5.81. The number of carboxylic acid groups (broad SMARTS) is 1. The lowest BCUT2D eigenvalue weighted by Crippen LogP contribution is -2.30. The zero-order chi connectivity index (χ0) is 17.0. The fourth-order valence-corrected chi connectivity index (χ4v) is 2.36. The van der Waals surface area contributed by atoms with Crippen LogP contribution in [0.25, 0.3) is 0 Å². The molecule has 2 aromatic rings. The maximum Gasteiger partial charge on any atom is 0.305 e. The highest BCUT2D eigenvalue weighted by atomic mass is 16.4. The molecule has 0 aliphatic carbocycles. The number of furan rings is 1. The molecule has 0 spiro atoms. The normalized spacial score (nSPS) is 12.2. The van der Waals surface area contributed by atoms with E-state index in [-0.39, 0.29) is 18.2 Å². The lowest BCUT2D eigenvalue weighted by molar-refractivity contribution is -0.137. The Bertz CT molecular complexity index is 688. The number of carboxylic acids is 1. The van der Waals surface area contributed by atoms with E-state index in [1.807, 2.05) is 32.0 Å². The van der Waals surface area contributed by atoms with Gasteiger partial charge < -0.3 is 14.8 Å². The highest BCUT2D eigenvalue weighted by molar-refractivity contribution is 5.95. The van der Waals surface area contributed by atoms with Crippen molar-refractivity contribution < 1.29 is 19.1 Å². The summed E-state index contributed by atoms with van der Waals surface area (Å²) in [5.74, 6) is 0.161. The summed E-state index contributed by atoms with van der Waals surface area (Å²) in [6.07, 6.45) is -0.177. The molecule has 2 N–H and O–H groups in total. The average molecular weight is 315 g/mol. The van der Waals surface area contributed by atoms with Gasteiger partial charge in [0.05, 0.1) is 18.0 Å². The van der Waals surface area contributed by atoms with Gasteiger partial charge in [0.15, 0.2) is 0 Å². The summed E-state index contributed by atoms with van der Waals surface area (Å²) in [5.41, 5.74) is 1.20. The Kier molecular flexibility index (Phi) is 5.21. The zero-order valence-electron chi connectivity index (χ0n) is 13.5. The van der Waals surface area contributed by atoms with Gasteiger partial charge in [-0.1, -0.05) is 44.2 Å². The number of hydrogen-bond donors (Lipinski definition) is 2. The first kappa shape index (κ1) is 16.8. The van der Waals surface area contributed by atoms with E-state index in [0.717, 1.165) is 11.3 Å². The lowest BCUT2D eigenvalue weighted by atomic mass is 10.0. The molecule has 0 saturated carbocycles. The number of rotatable bonds is 6. The molecule has 0 radical (unpaired) electrons. The van der Waals surface area contributed by atoms with Crippen LogP contribution in [-0.2, 0) is 4.79 Å². The van der Waals surface area contributed by atoms with Gasteiger partial charge in [0.25, 0.3) is 5.91 Å². The van der Waals surface area contributed by atoms with E-state index in [1.165, 1.54) is 0 Å². The number of aliphatic carboxylic acids is 1. The summed E-state index contributed by atoms with van der Waals surface area (Å²) < 4.78 is 5.59. The quantitative estimate of drug-likeness (QED) is 0.852. The van der Waals surface area contributed by atoms with Crippen LogP contribution in [0, 0.1) is 6.92 Å². The van der Waals surface area contributed by atoms with Gasteiger partial charge in [0, 0.05) is 5.92 Å². The Balaban J connectivity index is 2.22. The first-order chi connectivity index (χ1) is 10.9. The third-order valence-corrected chi connectivity index (χ3v) is 3.64. The van der Waals surface area contributed by atoms with Crippen molar-refractivity contribution in [3.8, 4) is 0 Å². The Morgan fingerprint density at radius 2 is 1.87 bits per heavy atom. The van der Waals surface area contributed by atoms with Crippen molar-refractivity contribution in [3.63, 3.8) is 0 Å². The summed E-state index contributed by atoms with van der Waals surface area (Å²) in [6.45, 7) is 5.70. The highest BCUT2D eigenvalue weighted by Gasteiger charge is 2.22. The van der Waals surface area contributed by atoms with Crippen LogP contribution in [0.5, 0.6) is 0 Å². The molecular weight excluding hydrogens is 294 g/mol. The van der Waals surface area contributed by atoms with E-state index in [4.69, 9.17) is 9.52 Å². The molecule has 0 aliphatic rings. The topological polar surface area (TPSA) is 79.5 Å². The number of aryl methyl sites for hydroxylation is 1. The smallest absolute Gasteiger partial charge is 0.305 e. The molecule has 5 nitrogen and oxygen atoms in total. The molecule has 0 saturated heterocycles. The summed E-state index contributed by atoms with van der Waals surface area (Å²) in [7, 11) is 0. The Morgan fingerprint density at radius 3 is 2.39 bits per heavy atom. The molecular formula is C18H21NO4. The number of amides is 1. The number of hydrogen-bond acceptors (Lipinski definition) is 3. The number of nitrogens with one attached hydrogen (secondary N) is 1. The second-order valence-electron chi connectivity index (χ2n) is 5.81. The van der Waals surface area contributed by atoms with Gasteiger partial charge in [0.1, 0.15) is 11.5 Å². The van der Waals surface area contributed by atoms with Gasteiger partial charge in [-0.2, -0.15) is 0 Å². The van der Waals surface area contributed by atoms with Crippen LogP contribution >= 0.6 is 0 Å². The molecule has 0 fully saturated rings. The largest absolute Gasteiger partial charge is 0.481 e. The van der Waals surface area contributed by atoms with Gasteiger partial charge in [-0.25, -0.2) is 0 Å². The van der Waals surface area contributed by atoms with Crippen LogP contribution in [0.4, 0.5) is 0 Å². The molecule has 0 bridgehead atoms. The Labute approximate surface area is 135 Å². The Hall–Kier alpha value is -2.56. The second kappa shape index (κ2) is 7.13. The van der Waals surface area contributed by atoms with E-state index in [1.54, 1.807) is 25.1 Å². The number of carbonyl (C=O) groups excluding carboxylic acids is 1. The number of carbonyl (C=O) groups is 2. The molecule has 23 heavy (non-hydrogen) atoms. The monoisotopic (exact) mass is 315 g/mol. The summed E-state index contributed by atoms with van der Waals surface area (Å²) in [4.78, 5) is 23.6. The lowest BCUT2D eigenvalue weighted by Gasteiger charge is -2.17. The van der Waals surface area contributed by atoms with Crippen molar-refractivity contribution in [1.82, 2.24) is 5.32 Å². The van der Waals surface area contributed by atoms with Crippen LogP contribution in [0.2, 0.25) is 0 Å². The summed E-state index contributed by atoms with van der Waals surface area (Å²) in [6, 6.07) is 10.2. The first-order valence-corrected chi connectivity index (χ1v) is 7.56. The third-order valence-electron chi connectivity index (χ3n) is 3.64. The molecule has 122 valence electrons. The van der Waals surface area contributed by atoms with Crippen LogP contribution in [0.3, 0.4) is 0 Å². The van der Waals surface area contributed by atoms with Crippen molar-refractivity contribution in [2.24, 2.45) is 0 Å². The van der Waals surface area contributed by atoms with E-state index in [9.17, 15) is 9.59 Å². The molecule has 1 amide bonds. The van der Waals surface area contributed by atoms with E-state index in [0.29, 0.717) is 11.3 Å². The summed E-state index contributed by atoms with van der Waals surface area (Å²) in [5, 5.41) is 11.9. The van der Waals surface area contributed by atoms with Crippen molar-refractivity contribution >= 4 is 11.9 Å². The fraction of sp³-hybridized carbons (Fsp3) is 0.333. The van der Waals surface area contributed by atoms with Crippen molar-refractivity contribution in [2.45, 2.75) is 39.2 Å². The number of benzene rings is 1. The molecule has 5 heteroatoms. The van der Waals surface area contributed by atoms with Gasteiger partial charge in [-0.05, 0) is 18.6 Å². The van der Waals surface area contributed by atoms with Crippen molar-refractivity contribution in [2.75, 3.05) is 0 Å². The third kappa shape index (κ3) is 4.22. The average Bonchev–Trinajstić information content (AvgIpc) is 2.89. The van der Waals surface area contributed by atoms with Gasteiger partial charge in [-0.3, -0.25) is 9.59 Å². The summed E-state index contributed by atoms with van der Waals surface area (Å²) >= 11 is 0. The maximum absolute atomic E-state index is 12.5. The van der Waals surface area contributed by atoms with Gasteiger partial charge >= 0.3 is 5.97 Å². The van der Waals surface area contributed by atoms with E-state index in [2.05, 4.69) is 5.32 Å². The fourth-order valence-electron chi connectivity index (χ4n) is 2.36. The van der Waals surface area contributed by atoms with Crippen molar-refractivity contribution in [1.29, 1.82) is 0 Å². The van der Waals surface area contributed by atoms with Crippen LogP contribution in [0.15, 0.2) is 40.8 Å². The maximum atomic E-state index is 12.5. The molecule has 1 aromatic heterocycles. The molecule has 0 aliphatic heterocycles. The van der Waals surface area contributed by atoms with Crippen LogP contribution in [0.1, 0.15) is 59.7 Å². The van der Waals surface area contributed by atoms with E-state index < -0.39 is 12.0 Å². The minimum atomic E-state index is -0.967. The molecule has 2 rings (SSSR count). The molecule has 1 heterocycles. The highest BCUT2D eigenvalue weighted by Crippen LogP contribution is 2.23. The van der Waals surface area contributed by atoms with Crippen LogP contribution < -0.4 is 5.32 Å². The van der Waals surface area contributed by atoms with E-state index >= 15 is 0 Å². The molecule has 1 atom stereocenters. The van der Waals surface area contributed by atoms with Crippen LogP contribution in [-0.4, -0.2) is 17.0 Å². The van der Waals surface area contributed by atoms with Gasteiger partial charge in [-0.15, -0.1) is 0 Å². The molecule has 1 aromatic carbocycles.